The number of benzene rings is 1. The van der Waals surface area contributed by atoms with Crippen LogP contribution in [0.2, 0.25) is 0 Å². The maximum atomic E-state index is 5.49. The van der Waals surface area contributed by atoms with E-state index in [1.165, 1.54) is 5.56 Å². The fraction of sp³-hybridized carbons (Fsp3) is 0.684. The van der Waals surface area contributed by atoms with Gasteiger partial charge < -0.3 is 18.9 Å². The zero-order valence-corrected chi connectivity index (χ0v) is 16.0. The molecule has 0 aliphatic carbocycles. The number of hydrogen-bond donors (Lipinski definition) is 0. The molecule has 0 saturated carbocycles. The summed E-state index contributed by atoms with van der Waals surface area (Å²) in [6, 6.07) is 6.32. The number of methoxy groups -OCH3 is 4. The Morgan fingerprint density at radius 3 is 1.52 bits per heavy atom. The minimum absolute atomic E-state index is 0.0120. The van der Waals surface area contributed by atoms with Gasteiger partial charge in [0, 0.05) is 39.6 Å². The maximum Gasteiger partial charge on any atom is 0.183 e. The Morgan fingerprint density at radius 1 is 0.696 bits per heavy atom. The molecule has 0 spiro atoms. The van der Waals surface area contributed by atoms with Gasteiger partial charge in [-0.25, -0.2) is 0 Å². The molecular weight excluding hydrogens is 292 g/mol. The summed E-state index contributed by atoms with van der Waals surface area (Å²) in [6.45, 7) is 11.3. The lowest BCUT2D eigenvalue weighted by atomic mass is 9.65. The lowest BCUT2D eigenvalue weighted by Crippen LogP contribution is -2.34. The molecule has 0 heterocycles. The van der Waals surface area contributed by atoms with E-state index in [4.69, 9.17) is 18.9 Å². The standard InChI is InChI=1S/C19H32O4/c1-18(2,3)19(4,5)13-10-11-14(16(20-6)21-7)15(12-13)17(22-8)23-9/h10-12,16-17H,1-9H3. The highest BCUT2D eigenvalue weighted by Crippen LogP contribution is 2.42. The van der Waals surface area contributed by atoms with Crippen molar-refractivity contribution in [3.8, 4) is 0 Å². The SMILES string of the molecule is COC(OC)c1ccc(C(C)(C)C(C)(C)C)cc1C(OC)OC. The van der Waals surface area contributed by atoms with E-state index in [-0.39, 0.29) is 10.8 Å². The molecular formula is C19H32O4. The molecule has 0 bridgehead atoms. The van der Waals surface area contributed by atoms with Crippen molar-refractivity contribution < 1.29 is 18.9 Å². The topological polar surface area (TPSA) is 36.9 Å². The Morgan fingerprint density at radius 2 is 1.13 bits per heavy atom. The van der Waals surface area contributed by atoms with Gasteiger partial charge in [-0.3, -0.25) is 0 Å². The predicted molar refractivity (Wildman–Crippen MR) is 92.4 cm³/mol. The summed E-state index contributed by atoms with van der Waals surface area (Å²) in [4.78, 5) is 0. The third-order valence-corrected chi connectivity index (χ3v) is 5.05. The first-order valence-electron chi connectivity index (χ1n) is 7.89. The van der Waals surface area contributed by atoms with Crippen molar-refractivity contribution in [1.82, 2.24) is 0 Å². The minimum atomic E-state index is -0.464. The van der Waals surface area contributed by atoms with Crippen LogP contribution in [0.25, 0.3) is 0 Å². The molecule has 0 aromatic heterocycles. The van der Waals surface area contributed by atoms with Crippen LogP contribution in [0.3, 0.4) is 0 Å². The van der Waals surface area contributed by atoms with Gasteiger partial charge in [-0.05, 0) is 22.5 Å². The average Bonchev–Trinajstić information content (AvgIpc) is 2.49. The summed E-state index contributed by atoms with van der Waals surface area (Å²) in [5, 5.41) is 0. The molecule has 0 radical (unpaired) electrons. The monoisotopic (exact) mass is 324 g/mol. The zero-order chi connectivity index (χ0) is 17.8. The van der Waals surface area contributed by atoms with E-state index in [1.54, 1.807) is 28.4 Å². The van der Waals surface area contributed by atoms with Crippen LogP contribution in [0, 0.1) is 5.41 Å². The number of rotatable bonds is 7. The molecule has 0 N–H and O–H groups in total. The lowest BCUT2D eigenvalue weighted by molar-refractivity contribution is -0.123. The molecule has 0 aliphatic rings. The molecule has 23 heavy (non-hydrogen) atoms. The highest BCUT2D eigenvalue weighted by molar-refractivity contribution is 5.38. The molecule has 4 heteroatoms. The summed E-state index contributed by atoms with van der Waals surface area (Å²) in [6.07, 6.45) is -0.918. The van der Waals surface area contributed by atoms with Crippen molar-refractivity contribution in [2.75, 3.05) is 28.4 Å². The number of ether oxygens (including phenoxy) is 4. The smallest absolute Gasteiger partial charge is 0.183 e. The predicted octanol–water partition coefficient (Wildman–Crippen LogP) is 4.59. The second kappa shape index (κ2) is 7.75. The van der Waals surface area contributed by atoms with Crippen LogP contribution in [0.1, 0.15) is 63.9 Å². The van der Waals surface area contributed by atoms with Crippen LogP contribution in [0.5, 0.6) is 0 Å². The lowest BCUT2D eigenvalue weighted by Gasteiger charge is -2.40. The Balaban J connectivity index is 3.49. The molecule has 0 aliphatic heterocycles. The van der Waals surface area contributed by atoms with E-state index >= 15 is 0 Å². The molecule has 1 rings (SSSR count). The van der Waals surface area contributed by atoms with E-state index in [9.17, 15) is 0 Å². The van der Waals surface area contributed by atoms with E-state index in [0.29, 0.717) is 0 Å². The van der Waals surface area contributed by atoms with Crippen molar-refractivity contribution >= 4 is 0 Å². The van der Waals surface area contributed by atoms with E-state index in [0.717, 1.165) is 11.1 Å². The third-order valence-electron chi connectivity index (χ3n) is 5.05. The molecule has 1 aromatic rings. The Hall–Kier alpha value is -0.940. The van der Waals surface area contributed by atoms with Gasteiger partial charge in [-0.1, -0.05) is 46.8 Å². The van der Waals surface area contributed by atoms with Crippen LogP contribution in [0.4, 0.5) is 0 Å². The summed E-state index contributed by atoms with van der Waals surface area (Å²) < 4.78 is 21.8. The Kier molecular flexibility index (Phi) is 6.78. The van der Waals surface area contributed by atoms with Crippen LogP contribution >= 0.6 is 0 Å². The second-order valence-electron chi connectivity index (χ2n) is 7.33. The van der Waals surface area contributed by atoms with Gasteiger partial charge in [-0.15, -0.1) is 0 Å². The van der Waals surface area contributed by atoms with Gasteiger partial charge in [0.15, 0.2) is 12.6 Å². The van der Waals surface area contributed by atoms with Crippen molar-refractivity contribution in [2.24, 2.45) is 5.41 Å². The molecule has 0 fully saturated rings. The summed E-state index contributed by atoms with van der Waals surface area (Å²) in [7, 11) is 6.52. The van der Waals surface area contributed by atoms with Crippen LogP contribution in [0.15, 0.2) is 18.2 Å². The van der Waals surface area contributed by atoms with Crippen LogP contribution in [-0.4, -0.2) is 28.4 Å². The summed E-state index contributed by atoms with van der Waals surface area (Å²) in [5.41, 5.74) is 3.18. The maximum absolute atomic E-state index is 5.49. The number of hydrogen-bond acceptors (Lipinski definition) is 4. The minimum Gasteiger partial charge on any atom is -0.352 e. The van der Waals surface area contributed by atoms with Gasteiger partial charge >= 0.3 is 0 Å². The molecule has 0 atom stereocenters. The van der Waals surface area contributed by atoms with Gasteiger partial charge in [0.2, 0.25) is 0 Å². The first-order chi connectivity index (χ1) is 10.6. The molecule has 4 nitrogen and oxygen atoms in total. The fourth-order valence-electron chi connectivity index (χ4n) is 2.52. The summed E-state index contributed by atoms with van der Waals surface area (Å²) >= 11 is 0. The van der Waals surface area contributed by atoms with Crippen molar-refractivity contribution in [2.45, 2.75) is 52.6 Å². The van der Waals surface area contributed by atoms with Gasteiger partial charge in [0.25, 0.3) is 0 Å². The van der Waals surface area contributed by atoms with Crippen molar-refractivity contribution in [1.29, 1.82) is 0 Å². The first-order valence-corrected chi connectivity index (χ1v) is 7.89. The second-order valence-corrected chi connectivity index (χ2v) is 7.33. The van der Waals surface area contributed by atoms with E-state index in [2.05, 4.69) is 46.8 Å². The summed E-state index contributed by atoms with van der Waals surface area (Å²) in [5.74, 6) is 0. The van der Waals surface area contributed by atoms with E-state index in [1.807, 2.05) is 6.07 Å². The quantitative estimate of drug-likeness (QED) is 0.687. The highest BCUT2D eigenvalue weighted by atomic mass is 16.7. The fourth-order valence-corrected chi connectivity index (χ4v) is 2.52. The average molecular weight is 324 g/mol. The molecule has 0 saturated heterocycles. The Labute approximate surface area is 141 Å². The molecule has 0 unspecified atom stereocenters. The van der Waals surface area contributed by atoms with Gasteiger partial charge in [0.1, 0.15) is 0 Å². The van der Waals surface area contributed by atoms with Crippen molar-refractivity contribution in [3.63, 3.8) is 0 Å². The third kappa shape index (κ3) is 4.13. The Bertz CT molecular complexity index is 495. The molecule has 132 valence electrons. The zero-order valence-electron chi connectivity index (χ0n) is 16.0. The molecule has 1 aromatic carbocycles. The highest BCUT2D eigenvalue weighted by Gasteiger charge is 2.35. The van der Waals surface area contributed by atoms with E-state index < -0.39 is 12.6 Å². The van der Waals surface area contributed by atoms with Crippen LogP contribution < -0.4 is 0 Å². The van der Waals surface area contributed by atoms with Crippen molar-refractivity contribution in [3.05, 3.63) is 34.9 Å². The van der Waals surface area contributed by atoms with Gasteiger partial charge in [-0.2, -0.15) is 0 Å². The first kappa shape index (κ1) is 20.1. The normalized spacial score (nSPS) is 13.2. The van der Waals surface area contributed by atoms with Crippen LogP contribution in [-0.2, 0) is 24.4 Å². The molecule has 0 amide bonds. The largest absolute Gasteiger partial charge is 0.352 e. The van der Waals surface area contributed by atoms with Gasteiger partial charge in [0.05, 0.1) is 0 Å².